The minimum absolute atomic E-state index is 1.04. The number of nitrogens with zero attached hydrogens (tertiary/aromatic N) is 1. The summed E-state index contributed by atoms with van der Waals surface area (Å²) < 4.78 is 0. The Morgan fingerprint density at radius 1 is 1.10 bits per heavy atom. The van der Waals surface area contributed by atoms with Crippen LogP contribution in [-0.4, -0.2) is 31.4 Å². The first kappa shape index (κ1) is 13.8. The Kier molecular flexibility index (Phi) is 3.28. The first-order valence-electron chi connectivity index (χ1n) is 7.27. The molecule has 3 nitrogen and oxygen atoms in total. The van der Waals surface area contributed by atoms with Gasteiger partial charge in [0.1, 0.15) is 15.7 Å². The van der Waals surface area contributed by atoms with Gasteiger partial charge >= 0.3 is 0 Å². The molecule has 21 heavy (non-hydrogen) atoms. The summed E-state index contributed by atoms with van der Waals surface area (Å²) in [6.45, 7) is 6.42. The summed E-state index contributed by atoms with van der Waals surface area (Å²) in [5, 5.41) is 0. The van der Waals surface area contributed by atoms with E-state index in [2.05, 4.69) is 58.6 Å². The molecule has 1 aliphatic heterocycles. The SMILES string of the molecule is BC1=C(B)/C(=C/c2[nH]c(C)c(C)c2C)N=C1c1ccc[nH]1. The maximum atomic E-state index is 4.82. The number of aromatic nitrogens is 2. The zero-order valence-electron chi connectivity index (χ0n) is 13.3. The Morgan fingerprint density at radius 3 is 2.43 bits per heavy atom. The van der Waals surface area contributed by atoms with E-state index in [1.807, 2.05) is 12.3 Å². The van der Waals surface area contributed by atoms with E-state index in [4.69, 9.17) is 4.99 Å². The molecule has 0 unspecified atom stereocenters. The van der Waals surface area contributed by atoms with E-state index in [0.29, 0.717) is 0 Å². The van der Waals surface area contributed by atoms with Crippen molar-refractivity contribution in [2.45, 2.75) is 20.8 Å². The highest BCUT2D eigenvalue weighted by Gasteiger charge is 2.19. The molecule has 0 saturated heterocycles. The van der Waals surface area contributed by atoms with E-state index in [9.17, 15) is 0 Å². The van der Waals surface area contributed by atoms with Gasteiger partial charge in [-0.2, -0.15) is 0 Å². The third-order valence-corrected chi connectivity index (χ3v) is 4.52. The minimum Gasteiger partial charge on any atom is -0.360 e. The van der Waals surface area contributed by atoms with Gasteiger partial charge in [0, 0.05) is 17.6 Å². The van der Waals surface area contributed by atoms with E-state index in [1.165, 1.54) is 27.8 Å². The van der Waals surface area contributed by atoms with Crippen molar-refractivity contribution < 1.29 is 0 Å². The number of aromatic amines is 2. The number of aliphatic imine (C=N–C) groups is 1. The molecular formula is C16H19B2N3. The highest BCUT2D eigenvalue weighted by Crippen LogP contribution is 2.27. The zero-order valence-corrected chi connectivity index (χ0v) is 13.3. The van der Waals surface area contributed by atoms with E-state index in [0.717, 1.165) is 22.8 Å². The van der Waals surface area contributed by atoms with Crippen LogP contribution in [0.25, 0.3) is 6.08 Å². The predicted molar refractivity (Wildman–Crippen MR) is 94.4 cm³/mol. The van der Waals surface area contributed by atoms with E-state index in [-0.39, 0.29) is 0 Å². The molecule has 0 aliphatic carbocycles. The number of allylic oxidation sites excluding steroid dienone is 2. The summed E-state index contributed by atoms with van der Waals surface area (Å²) in [7, 11) is 4.27. The van der Waals surface area contributed by atoms with Gasteiger partial charge in [0.05, 0.1) is 17.1 Å². The maximum Gasteiger partial charge on any atom is 0.141 e. The largest absolute Gasteiger partial charge is 0.360 e. The molecular weight excluding hydrogens is 256 g/mol. The summed E-state index contributed by atoms with van der Waals surface area (Å²) in [4.78, 5) is 11.5. The van der Waals surface area contributed by atoms with Gasteiger partial charge in [0.2, 0.25) is 0 Å². The van der Waals surface area contributed by atoms with Crippen LogP contribution in [0.2, 0.25) is 0 Å². The topological polar surface area (TPSA) is 43.9 Å². The lowest BCUT2D eigenvalue weighted by Crippen LogP contribution is -2.03. The molecule has 0 fully saturated rings. The number of aryl methyl sites for hydroxylation is 1. The summed E-state index contributed by atoms with van der Waals surface area (Å²) in [5.41, 5.74) is 10.6. The van der Waals surface area contributed by atoms with Gasteiger partial charge in [-0.3, -0.25) is 0 Å². The summed E-state index contributed by atoms with van der Waals surface area (Å²) >= 11 is 0. The fourth-order valence-corrected chi connectivity index (χ4v) is 2.69. The minimum atomic E-state index is 1.04. The number of rotatable bonds is 2. The molecule has 0 radical (unpaired) electrons. The molecule has 0 spiro atoms. The standard InChI is InChI=1S/C16H19B2N3/c1-8-9(2)12(20-10(8)3)7-13-14(17)15(18)16(21-13)11-5-4-6-19-11/h4-7,19-20H,17-18H2,1-3H3/b13-7-. The molecule has 0 atom stereocenters. The van der Waals surface area contributed by atoms with Gasteiger partial charge in [-0.25, -0.2) is 4.99 Å². The van der Waals surface area contributed by atoms with Gasteiger partial charge in [-0.15, -0.1) is 0 Å². The lowest BCUT2D eigenvalue weighted by atomic mass is 9.78. The van der Waals surface area contributed by atoms with Gasteiger partial charge in [-0.05, 0) is 50.1 Å². The fourth-order valence-electron chi connectivity index (χ4n) is 2.69. The van der Waals surface area contributed by atoms with Crippen LogP contribution >= 0.6 is 0 Å². The number of hydrogen-bond donors (Lipinski definition) is 2. The first-order chi connectivity index (χ1) is 9.99. The van der Waals surface area contributed by atoms with Crippen LogP contribution in [0.3, 0.4) is 0 Å². The smallest absolute Gasteiger partial charge is 0.141 e. The van der Waals surface area contributed by atoms with Crippen LogP contribution < -0.4 is 0 Å². The van der Waals surface area contributed by atoms with Gasteiger partial charge in [0.15, 0.2) is 0 Å². The quantitative estimate of drug-likeness (QED) is 0.782. The molecule has 104 valence electrons. The van der Waals surface area contributed by atoms with Crippen molar-refractivity contribution in [3.8, 4) is 0 Å². The summed E-state index contributed by atoms with van der Waals surface area (Å²) in [5.74, 6) is 0. The summed E-state index contributed by atoms with van der Waals surface area (Å²) in [6.07, 6.45) is 4.09. The van der Waals surface area contributed by atoms with Crippen molar-refractivity contribution in [2.24, 2.45) is 4.99 Å². The molecule has 1 aliphatic rings. The Bertz CT molecular complexity index is 790. The Balaban J connectivity index is 2.07. The lowest BCUT2D eigenvalue weighted by molar-refractivity contribution is 1.22. The monoisotopic (exact) mass is 275 g/mol. The van der Waals surface area contributed by atoms with E-state index < -0.39 is 0 Å². The molecule has 0 bridgehead atoms. The third-order valence-electron chi connectivity index (χ3n) is 4.52. The molecule has 2 aromatic heterocycles. The van der Waals surface area contributed by atoms with Crippen LogP contribution in [0.15, 0.2) is 40.0 Å². The lowest BCUT2D eigenvalue weighted by Gasteiger charge is -1.99. The van der Waals surface area contributed by atoms with Crippen molar-refractivity contribution in [1.82, 2.24) is 9.97 Å². The highest BCUT2D eigenvalue weighted by molar-refractivity contribution is 6.48. The molecule has 0 amide bonds. The van der Waals surface area contributed by atoms with Crippen LogP contribution in [0.4, 0.5) is 0 Å². The molecule has 0 aromatic carbocycles. The average Bonchev–Trinajstić information content (AvgIpc) is 3.13. The second kappa shape index (κ2) is 4.99. The maximum absolute atomic E-state index is 4.82. The second-order valence-corrected chi connectivity index (χ2v) is 5.74. The molecule has 3 heterocycles. The second-order valence-electron chi connectivity index (χ2n) is 5.74. The number of hydrogen-bond acceptors (Lipinski definition) is 1. The van der Waals surface area contributed by atoms with Crippen LogP contribution in [-0.2, 0) is 0 Å². The Hall–Kier alpha value is -2.16. The zero-order chi connectivity index (χ0) is 15.1. The predicted octanol–water partition coefficient (Wildman–Crippen LogP) is 1.59. The molecule has 3 rings (SSSR count). The first-order valence-corrected chi connectivity index (χ1v) is 7.27. The highest BCUT2D eigenvalue weighted by atomic mass is 14.8. The van der Waals surface area contributed by atoms with Crippen molar-refractivity contribution in [3.05, 3.63) is 63.2 Å². The van der Waals surface area contributed by atoms with Crippen molar-refractivity contribution >= 4 is 27.5 Å². The Labute approximate surface area is 127 Å². The number of H-pyrrole nitrogens is 2. The third kappa shape index (κ3) is 2.23. The molecule has 0 saturated carbocycles. The van der Waals surface area contributed by atoms with Crippen molar-refractivity contribution in [2.75, 3.05) is 0 Å². The number of nitrogens with one attached hydrogen (secondary N) is 2. The average molecular weight is 275 g/mol. The molecule has 5 heteroatoms. The Morgan fingerprint density at radius 2 is 1.86 bits per heavy atom. The molecule has 2 N–H and O–H groups in total. The van der Waals surface area contributed by atoms with Gasteiger partial charge in [0.25, 0.3) is 0 Å². The van der Waals surface area contributed by atoms with Crippen LogP contribution in [0.1, 0.15) is 28.2 Å². The molecule has 2 aromatic rings. The summed E-state index contributed by atoms with van der Waals surface area (Å²) in [6, 6.07) is 4.07. The van der Waals surface area contributed by atoms with E-state index in [1.54, 1.807) is 0 Å². The van der Waals surface area contributed by atoms with Crippen molar-refractivity contribution in [3.63, 3.8) is 0 Å². The van der Waals surface area contributed by atoms with Gasteiger partial charge in [-0.1, -0.05) is 10.9 Å². The van der Waals surface area contributed by atoms with E-state index >= 15 is 0 Å². The fraction of sp³-hybridized carbons (Fsp3) is 0.188. The van der Waals surface area contributed by atoms with Crippen molar-refractivity contribution in [1.29, 1.82) is 0 Å². The van der Waals surface area contributed by atoms with Gasteiger partial charge < -0.3 is 9.97 Å². The van der Waals surface area contributed by atoms with Crippen LogP contribution in [0, 0.1) is 20.8 Å². The normalized spacial score (nSPS) is 16.9. The van der Waals surface area contributed by atoms with Crippen LogP contribution in [0.5, 0.6) is 0 Å².